The van der Waals surface area contributed by atoms with Gasteiger partial charge in [0, 0.05) is 5.41 Å². The molecule has 0 N–H and O–H groups in total. The van der Waals surface area contributed by atoms with Crippen molar-refractivity contribution in [1.82, 2.24) is 0 Å². The fourth-order valence-electron chi connectivity index (χ4n) is 4.01. The summed E-state index contributed by atoms with van der Waals surface area (Å²) in [6, 6.07) is 13.7. The van der Waals surface area contributed by atoms with E-state index in [1.54, 1.807) is 0 Å². The molecule has 0 aromatic heterocycles. The van der Waals surface area contributed by atoms with Crippen molar-refractivity contribution in [1.29, 1.82) is 0 Å². The summed E-state index contributed by atoms with van der Waals surface area (Å²) in [7, 11) is 0. The lowest BCUT2D eigenvalue weighted by atomic mass is 9.71. The van der Waals surface area contributed by atoms with E-state index >= 15 is 0 Å². The number of hydrogen-bond acceptors (Lipinski definition) is 0. The molecule has 1 aliphatic rings. The van der Waals surface area contributed by atoms with Crippen LogP contribution in [0, 0.1) is 6.92 Å². The van der Waals surface area contributed by atoms with E-state index in [1.165, 1.54) is 53.5 Å². The first-order chi connectivity index (χ1) is 10.1. The molecule has 0 heterocycles. The standard InChI is InChI=1S/C20H24/c1-4-12-20(13-5-2)18-9-7-6-8-16(18)17-11-10-15(3)14-19(17)20/h6-11,14H,4-5,12-13H2,1-3H3/i7D. The Labute approximate surface area is 124 Å². The lowest BCUT2D eigenvalue weighted by molar-refractivity contribution is 0.435. The van der Waals surface area contributed by atoms with Crippen LogP contribution in [0.2, 0.25) is 0 Å². The molecule has 3 rings (SSSR count). The van der Waals surface area contributed by atoms with E-state index in [1.807, 2.05) is 6.07 Å². The summed E-state index contributed by atoms with van der Waals surface area (Å²) < 4.78 is 8.05. The summed E-state index contributed by atoms with van der Waals surface area (Å²) in [5.74, 6) is 0. The van der Waals surface area contributed by atoms with Crippen LogP contribution in [0.4, 0.5) is 0 Å². The fourth-order valence-corrected chi connectivity index (χ4v) is 4.01. The monoisotopic (exact) mass is 265 g/mol. The maximum Gasteiger partial charge on any atom is 0.0623 e. The number of fused-ring (bicyclic) bond motifs is 3. The van der Waals surface area contributed by atoms with E-state index in [4.69, 9.17) is 1.37 Å². The highest BCUT2D eigenvalue weighted by Gasteiger charge is 2.41. The van der Waals surface area contributed by atoms with Crippen LogP contribution in [0.5, 0.6) is 0 Å². The van der Waals surface area contributed by atoms with Gasteiger partial charge < -0.3 is 0 Å². The third-order valence-corrected chi connectivity index (χ3v) is 4.71. The second-order valence-corrected chi connectivity index (χ2v) is 6.10. The smallest absolute Gasteiger partial charge is 0.0623 e. The maximum absolute atomic E-state index is 8.05. The van der Waals surface area contributed by atoms with Gasteiger partial charge in [0.15, 0.2) is 0 Å². The molecule has 0 radical (unpaired) electrons. The van der Waals surface area contributed by atoms with Crippen molar-refractivity contribution in [3.63, 3.8) is 0 Å². The highest BCUT2D eigenvalue weighted by Crippen LogP contribution is 2.53. The average Bonchev–Trinajstić information content (AvgIpc) is 2.70. The van der Waals surface area contributed by atoms with E-state index < -0.39 is 0 Å². The van der Waals surface area contributed by atoms with Gasteiger partial charge >= 0.3 is 0 Å². The lowest BCUT2D eigenvalue weighted by Gasteiger charge is -2.32. The molecule has 0 bridgehead atoms. The van der Waals surface area contributed by atoms with Crippen LogP contribution in [0.1, 0.15) is 57.6 Å². The minimum Gasteiger partial charge on any atom is -0.0653 e. The summed E-state index contributed by atoms with van der Waals surface area (Å²) in [5, 5.41) is 0. The van der Waals surface area contributed by atoms with E-state index in [0.717, 1.165) is 0 Å². The van der Waals surface area contributed by atoms with Crippen LogP contribution in [0.15, 0.2) is 42.4 Å². The van der Waals surface area contributed by atoms with Gasteiger partial charge in [-0.25, -0.2) is 0 Å². The molecule has 0 amide bonds. The van der Waals surface area contributed by atoms with Crippen LogP contribution in [-0.2, 0) is 5.41 Å². The number of rotatable bonds is 4. The largest absolute Gasteiger partial charge is 0.0653 e. The first-order valence-electron chi connectivity index (χ1n) is 8.35. The molecule has 0 fully saturated rings. The van der Waals surface area contributed by atoms with Gasteiger partial charge in [0.25, 0.3) is 0 Å². The van der Waals surface area contributed by atoms with Crippen molar-refractivity contribution in [3.8, 4) is 11.1 Å². The number of benzene rings is 2. The average molecular weight is 265 g/mol. The molecule has 2 aromatic rings. The highest BCUT2D eigenvalue weighted by molar-refractivity contribution is 5.81. The molecular formula is C20H24. The van der Waals surface area contributed by atoms with Crippen molar-refractivity contribution in [2.24, 2.45) is 0 Å². The van der Waals surface area contributed by atoms with Crippen molar-refractivity contribution < 1.29 is 1.37 Å². The third kappa shape index (κ3) is 1.82. The Kier molecular flexibility index (Phi) is 3.10. The molecule has 0 saturated carbocycles. The van der Waals surface area contributed by atoms with E-state index in [-0.39, 0.29) is 5.41 Å². The minimum absolute atomic E-state index is 0.122. The maximum atomic E-state index is 8.05. The summed E-state index contributed by atoms with van der Waals surface area (Å²) in [5.41, 5.74) is 7.08. The van der Waals surface area contributed by atoms with Gasteiger partial charge in [-0.05, 0) is 42.0 Å². The Balaban J connectivity index is 2.32. The van der Waals surface area contributed by atoms with E-state index in [0.29, 0.717) is 6.04 Å². The molecule has 0 aliphatic heterocycles. The minimum atomic E-state index is 0.122. The Bertz CT molecular complexity index is 610. The summed E-state index contributed by atoms with van der Waals surface area (Å²) in [4.78, 5) is 0. The number of aryl methyl sites for hydroxylation is 1. The molecule has 2 aromatic carbocycles. The predicted octanol–water partition coefficient (Wildman–Crippen LogP) is 5.86. The van der Waals surface area contributed by atoms with Gasteiger partial charge in [0.05, 0.1) is 1.37 Å². The molecular weight excluding hydrogens is 240 g/mol. The zero-order chi connectivity index (χ0) is 15.0. The molecule has 0 atom stereocenters. The van der Waals surface area contributed by atoms with Crippen LogP contribution in [-0.4, -0.2) is 0 Å². The first kappa shape index (κ1) is 12.2. The zero-order valence-corrected chi connectivity index (χ0v) is 12.8. The van der Waals surface area contributed by atoms with Gasteiger partial charge in [-0.2, -0.15) is 0 Å². The third-order valence-electron chi connectivity index (χ3n) is 4.71. The first-order valence-corrected chi connectivity index (χ1v) is 7.85. The van der Waals surface area contributed by atoms with E-state index in [9.17, 15) is 0 Å². The van der Waals surface area contributed by atoms with Crippen LogP contribution in [0.3, 0.4) is 0 Å². The zero-order valence-electron chi connectivity index (χ0n) is 13.8. The van der Waals surface area contributed by atoms with Crippen LogP contribution >= 0.6 is 0 Å². The van der Waals surface area contributed by atoms with E-state index in [2.05, 4.69) is 51.1 Å². The summed E-state index contributed by atoms with van der Waals surface area (Å²) in [6.45, 7) is 6.73. The van der Waals surface area contributed by atoms with Crippen LogP contribution < -0.4 is 0 Å². The summed E-state index contributed by atoms with van der Waals surface area (Å²) >= 11 is 0. The number of hydrogen-bond donors (Lipinski definition) is 0. The van der Waals surface area contributed by atoms with Crippen molar-refractivity contribution in [2.45, 2.75) is 51.9 Å². The van der Waals surface area contributed by atoms with Gasteiger partial charge in [0.1, 0.15) is 0 Å². The van der Waals surface area contributed by atoms with Crippen molar-refractivity contribution >= 4 is 0 Å². The molecule has 20 heavy (non-hydrogen) atoms. The normalized spacial score (nSPS) is 15.7. The second kappa shape index (κ2) is 5.09. The summed E-state index contributed by atoms with van der Waals surface area (Å²) in [6.07, 6.45) is 4.70. The molecule has 0 nitrogen and oxygen atoms in total. The fraction of sp³-hybridized carbons (Fsp3) is 0.400. The van der Waals surface area contributed by atoms with Crippen molar-refractivity contribution in [3.05, 3.63) is 59.1 Å². The van der Waals surface area contributed by atoms with Crippen LogP contribution in [0.25, 0.3) is 11.1 Å². The molecule has 0 unspecified atom stereocenters. The SMILES string of the molecule is [2H]c1ccc2c(c1)C(CCC)(CCC)c1cc(C)ccc1-2. The van der Waals surface area contributed by atoms with Gasteiger partial charge in [-0.15, -0.1) is 0 Å². The predicted molar refractivity (Wildman–Crippen MR) is 87.2 cm³/mol. The van der Waals surface area contributed by atoms with Gasteiger partial charge in [0.2, 0.25) is 0 Å². The Morgan fingerprint density at radius 3 is 2.35 bits per heavy atom. The second-order valence-electron chi connectivity index (χ2n) is 6.10. The van der Waals surface area contributed by atoms with Gasteiger partial charge in [-0.1, -0.05) is 74.7 Å². The molecule has 0 spiro atoms. The quantitative estimate of drug-likeness (QED) is 0.649. The Morgan fingerprint density at radius 1 is 0.950 bits per heavy atom. The molecule has 104 valence electrons. The molecule has 0 saturated heterocycles. The Hall–Kier alpha value is -1.56. The van der Waals surface area contributed by atoms with Crippen molar-refractivity contribution in [2.75, 3.05) is 0 Å². The Morgan fingerprint density at radius 2 is 1.65 bits per heavy atom. The lowest BCUT2D eigenvalue weighted by Crippen LogP contribution is -2.25. The highest BCUT2D eigenvalue weighted by atomic mass is 14.4. The molecule has 0 heteroatoms. The molecule has 1 aliphatic carbocycles. The van der Waals surface area contributed by atoms with Gasteiger partial charge in [-0.3, -0.25) is 0 Å². The topological polar surface area (TPSA) is 0 Å².